The number of carboxylic acid groups (broad SMARTS) is 1. The van der Waals surface area contributed by atoms with Crippen molar-refractivity contribution in [2.24, 2.45) is 11.5 Å². The van der Waals surface area contributed by atoms with Gasteiger partial charge in [0.1, 0.15) is 17.1 Å². The summed E-state index contributed by atoms with van der Waals surface area (Å²) in [5, 5.41) is 9.15. The summed E-state index contributed by atoms with van der Waals surface area (Å²) in [6.45, 7) is 2.25. The second-order valence-electron chi connectivity index (χ2n) is 6.56. The molecule has 0 unspecified atom stereocenters. The maximum Gasteiger partial charge on any atom is 0.352 e. The van der Waals surface area contributed by atoms with Crippen LogP contribution in [0.1, 0.15) is 6.92 Å². The van der Waals surface area contributed by atoms with Crippen LogP contribution in [0.4, 0.5) is 0 Å². The highest BCUT2D eigenvalue weighted by Gasteiger charge is 2.51. The Morgan fingerprint density at radius 3 is 2.67 bits per heavy atom. The van der Waals surface area contributed by atoms with Crippen molar-refractivity contribution in [2.75, 3.05) is 26.4 Å². The molecule has 3 atom stereocenters. The number of carboxylic acids is 1. The number of primary amides is 1. The van der Waals surface area contributed by atoms with Gasteiger partial charge in [0.25, 0.3) is 5.91 Å². The summed E-state index contributed by atoms with van der Waals surface area (Å²) < 4.78 is 0.352. The van der Waals surface area contributed by atoms with Gasteiger partial charge in [-0.05, 0) is 18.6 Å². The number of thioether (sulfide) groups is 1. The van der Waals surface area contributed by atoms with E-state index in [0.717, 1.165) is 0 Å². The number of quaternary nitrogens is 1. The summed E-state index contributed by atoms with van der Waals surface area (Å²) in [4.78, 5) is 36.0. The van der Waals surface area contributed by atoms with Crippen molar-refractivity contribution in [2.45, 2.75) is 24.4 Å². The van der Waals surface area contributed by atoms with E-state index in [9.17, 15) is 19.5 Å². The monoisotopic (exact) mass is 355 g/mol. The average molecular weight is 355 g/mol. The molecule has 0 aromatic rings. The fourth-order valence-corrected chi connectivity index (χ4v) is 3.90. The number of carbonyl (C=O) groups excluding carboxylic acids is 2. The van der Waals surface area contributed by atoms with Crippen LogP contribution >= 0.6 is 11.8 Å². The molecule has 0 radical (unpaired) electrons. The highest BCUT2D eigenvalue weighted by Crippen LogP contribution is 2.39. The molecule has 24 heavy (non-hydrogen) atoms. The van der Waals surface area contributed by atoms with Crippen LogP contribution in [0.25, 0.3) is 0 Å². The molecule has 0 aromatic heterocycles. The molecule has 132 valence electrons. The predicted octanol–water partition coefficient (Wildman–Crippen LogP) is -0.926. The van der Waals surface area contributed by atoms with Crippen molar-refractivity contribution >= 4 is 29.5 Å². The zero-order valence-corrected chi connectivity index (χ0v) is 14.7. The third-order valence-corrected chi connectivity index (χ3v) is 5.92. The SMILES string of the molecule is C[C@H](C(N)=O)[N+](C)(C)C/C=C/C1=C(C(=O)O)N2C(=O)[C@@H](N)[C@H]2SC1. The molecule has 0 aromatic carbocycles. The zero-order valence-electron chi connectivity index (χ0n) is 13.9. The van der Waals surface area contributed by atoms with Crippen LogP contribution in [-0.4, -0.2) is 76.1 Å². The molecule has 0 saturated carbocycles. The molecule has 8 nitrogen and oxygen atoms in total. The van der Waals surface area contributed by atoms with Gasteiger partial charge in [-0.2, -0.15) is 0 Å². The number of hydrogen-bond donors (Lipinski definition) is 3. The summed E-state index contributed by atoms with van der Waals surface area (Å²) in [6, 6.07) is -1.01. The summed E-state index contributed by atoms with van der Waals surface area (Å²) in [5.41, 5.74) is 11.6. The van der Waals surface area contributed by atoms with Crippen LogP contribution in [0.15, 0.2) is 23.4 Å². The number of nitrogens with two attached hydrogens (primary N) is 2. The fourth-order valence-electron chi connectivity index (χ4n) is 2.64. The summed E-state index contributed by atoms with van der Waals surface area (Å²) >= 11 is 1.45. The molecular formula is C15H23N4O4S+. The van der Waals surface area contributed by atoms with Gasteiger partial charge in [-0.15, -0.1) is 11.8 Å². The van der Waals surface area contributed by atoms with Gasteiger partial charge in [0, 0.05) is 5.75 Å². The number of hydrogen-bond acceptors (Lipinski definition) is 5. The number of aliphatic carboxylic acids is 1. The van der Waals surface area contributed by atoms with Crippen LogP contribution in [0, 0.1) is 0 Å². The lowest BCUT2D eigenvalue weighted by atomic mass is 10.0. The molecule has 2 heterocycles. The fraction of sp³-hybridized carbons (Fsp3) is 0.533. The van der Waals surface area contributed by atoms with Gasteiger partial charge >= 0.3 is 5.97 Å². The number of allylic oxidation sites excluding steroid dienone is 1. The highest BCUT2D eigenvalue weighted by molar-refractivity contribution is 8.00. The average Bonchev–Trinajstić information content (AvgIpc) is 2.52. The maximum atomic E-state index is 11.9. The first kappa shape index (κ1) is 18.5. The Hall–Kier alpha value is -1.84. The van der Waals surface area contributed by atoms with E-state index >= 15 is 0 Å². The van der Waals surface area contributed by atoms with Gasteiger partial charge in [0.2, 0.25) is 5.91 Å². The molecule has 5 N–H and O–H groups in total. The van der Waals surface area contributed by atoms with Crippen molar-refractivity contribution in [1.29, 1.82) is 0 Å². The summed E-state index contributed by atoms with van der Waals surface area (Å²) in [5.74, 6) is -1.43. The number of nitrogens with zero attached hydrogens (tertiary/aromatic N) is 2. The van der Waals surface area contributed by atoms with E-state index in [0.29, 0.717) is 22.4 Å². The summed E-state index contributed by atoms with van der Waals surface area (Å²) in [6.07, 6.45) is 3.51. The number of carbonyl (C=O) groups is 3. The molecule has 0 spiro atoms. The van der Waals surface area contributed by atoms with Crippen LogP contribution in [0.2, 0.25) is 0 Å². The zero-order chi connectivity index (χ0) is 18.2. The molecule has 2 aliphatic heterocycles. The normalized spacial score (nSPS) is 25.5. The Bertz CT molecular complexity index is 643. The Balaban J connectivity index is 2.19. The molecule has 2 rings (SSSR count). The van der Waals surface area contributed by atoms with Crippen LogP contribution in [0.3, 0.4) is 0 Å². The number of fused-ring (bicyclic) bond motifs is 1. The van der Waals surface area contributed by atoms with Gasteiger partial charge in [0.05, 0.1) is 20.6 Å². The van der Waals surface area contributed by atoms with Crippen molar-refractivity contribution in [3.63, 3.8) is 0 Å². The standard InChI is InChI=1S/C15H22N4O4S/c1-8(12(17)20)19(2,3)6-4-5-9-7-24-14-10(16)13(21)18(14)11(9)15(22)23/h4-5,8,10,14H,6-7,16H2,1-3H3,(H2-,17,20,22,23)/p+1/b5-4+/t8-,10-,14-/m1/s1. The lowest BCUT2D eigenvalue weighted by molar-refractivity contribution is -0.898. The molecular weight excluding hydrogens is 332 g/mol. The first-order valence-electron chi connectivity index (χ1n) is 7.53. The van der Waals surface area contributed by atoms with E-state index < -0.39 is 17.9 Å². The van der Waals surface area contributed by atoms with E-state index in [-0.39, 0.29) is 23.0 Å². The van der Waals surface area contributed by atoms with Crippen LogP contribution < -0.4 is 11.5 Å². The second kappa shape index (κ2) is 6.58. The van der Waals surface area contributed by atoms with Crippen molar-refractivity contribution in [1.82, 2.24) is 4.90 Å². The molecule has 0 bridgehead atoms. The smallest absolute Gasteiger partial charge is 0.352 e. The van der Waals surface area contributed by atoms with Gasteiger partial charge in [0.15, 0.2) is 6.04 Å². The third-order valence-electron chi connectivity index (χ3n) is 4.60. The van der Waals surface area contributed by atoms with Crippen molar-refractivity contribution < 1.29 is 24.0 Å². The highest BCUT2D eigenvalue weighted by atomic mass is 32.2. The second-order valence-corrected chi connectivity index (χ2v) is 7.66. The van der Waals surface area contributed by atoms with E-state index in [4.69, 9.17) is 11.5 Å². The first-order valence-corrected chi connectivity index (χ1v) is 8.58. The first-order chi connectivity index (χ1) is 11.1. The van der Waals surface area contributed by atoms with Crippen LogP contribution in [-0.2, 0) is 14.4 Å². The van der Waals surface area contributed by atoms with Gasteiger partial charge < -0.3 is 21.1 Å². The van der Waals surface area contributed by atoms with Crippen molar-refractivity contribution in [3.8, 4) is 0 Å². The topological polar surface area (TPSA) is 127 Å². The predicted molar refractivity (Wildman–Crippen MR) is 90.5 cm³/mol. The van der Waals surface area contributed by atoms with E-state index in [1.165, 1.54) is 16.7 Å². The number of β-lactam (4-membered cyclic amide) rings is 1. The summed E-state index contributed by atoms with van der Waals surface area (Å²) in [7, 11) is 3.74. The minimum Gasteiger partial charge on any atom is -0.477 e. The Morgan fingerprint density at radius 1 is 1.50 bits per heavy atom. The minimum absolute atomic E-state index is 0.00467. The molecule has 9 heteroatoms. The molecule has 2 aliphatic rings. The number of rotatable bonds is 6. The quantitative estimate of drug-likeness (QED) is 0.417. The minimum atomic E-state index is -1.14. The largest absolute Gasteiger partial charge is 0.477 e. The Kier molecular flexibility index (Phi) is 5.07. The third kappa shape index (κ3) is 3.19. The molecule has 0 aliphatic carbocycles. The lowest BCUT2D eigenvalue weighted by Gasteiger charge is -2.47. The maximum absolute atomic E-state index is 11.9. The number of amides is 2. The Morgan fingerprint density at radius 2 is 2.12 bits per heavy atom. The van der Waals surface area contributed by atoms with Crippen LogP contribution in [0.5, 0.6) is 0 Å². The molecule has 2 amide bonds. The van der Waals surface area contributed by atoms with Gasteiger partial charge in [-0.3, -0.25) is 14.5 Å². The van der Waals surface area contributed by atoms with Gasteiger partial charge in [-0.1, -0.05) is 6.08 Å². The number of likely N-dealkylation sites (N-methyl/N-ethyl adjacent to an activating group) is 1. The van der Waals surface area contributed by atoms with E-state index in [2.05, 4.69) is 0 Å². The Labute approximate surface area is 144 Å². The van der Waals surface area contributed by atoms with Crippen molar-refractivity contribution in [3.05, 3.63) is 23.4 Å². The molecule has 1 fully saturated rings. The van der Waals surface area contributed by atoms with E-state index in [1.807, 2.05) is 20.2 Å². The molecule has 1 saturated heterocycles. The van der Waals surface area contributed by atoms with Gasteiger partial charge in [-0.25, -0.2) is 4.79 Å². The van der Waals surface area contributed by atoms with E-state index in [1.54, 1.807) is 13.0 Å². The lowest BCUT2D eigenvalue weighted by Crippen LogP contribution is -2.68.